The molecule has 1 N–H and O–H groups in total. The molecule has 0 saturated carbocycles. The van der Waals surface area contributed by atoms with Crippen LogP contribution in [0.5, 0.6) is 0 Å². The summed E-state index contributed by atoms with van der Waals surface area (Å²) >= 11 is 0. The van der Waals surface area contributed by atoms with Crippen LogP contribution in [-0.2, 0) is 6.54 Å². The maximum Gasteiger partial charge on any atom is 0.0577 e. The Morgan fingerprint density at radius 3 is 2.14 bits per heavy atom. The lowest BCUT2D eigenvalue weighted by Gasteiger charge is -2.43. The van der Waals surface area contributed by atoms with Gasteiger partial charge in [0, 0.05) is 18.8 Å². The Balaban J connectivity index is 0.00000352. The van der Waals surface area contributed by atoms with E-state index in [1.54, 1.807) is 0 Å². The Labute approximate surface area is 176 Å². The molecular weight excluding hydrogens is 340 g/mol. The third-order valence-corrected chi connectivity index (χ3v) is 5.84. The van der Waals surface area contributed by atoms with E-state index in [-0.39, 0.29) is 5.54 Å². The quantitative estimate of drug-likeness (QED) is 0.361. The van der Waals surface area contributed by atoms with Crippen molar-refractivity contribution in [2.75, 3.05) is 13.6 Å². The molecule has 0 aliphatic heterocycles. The SMILES string of the molecule is C=CCN(Cc1ccccc1)C(=C)C(CCC)(CCC(C)(C)CC)NC.CC. The van der Waals surface area contributed by atoms with Crippen molar-refractivity contribution in [3.63, 3.8) is 0 Å². The van der Waals surface area contributed by atoms with Crippen molar-refractivity contribution < 1.29 is 0 Å². The van der Waals surface area contributed by atoms with Crippen molar-refractivity contribution in [3.8, 4) is 0 Å². The van der Waals surface area contributed by atoms with Crippen LogP contribution < -0.4 is 5.32 Å². The van der Waals surface area contributed by atoms with Crippen LogP contribution in [0.3, 0.4) is 0 Å². The molecule has 0 aromatic heterocycles. The van der Waals surface area contributed by atoms with Crippen LogP contribution in [0.15, 0.2) is 55.3 Å². The van der Waals surface area contributed by atoms with Gasteiger partial charge < -0.3 is 10.2 Å². The van der Waals surface area contributed by atoms with Gasteiger partial charge in [-0.05, 0) is 37.3 Å². The zero-order valence-electron chi connectivity index (χ0n) is 19.8. The fraction of sp³-hybridized carbons (Fsp3) is 0.615. The summed E-state index contributed by atoms with van der Waals surface area (Å²) in [6.07, 6.45) is 7.72. The van der Waals surface area contributed by atoms with Gasteiger partial charge in [-0.3, -0.25) is 0 Å². The highest BCUT2D eigenvalue weighted by atomic mass is 15.2. The smallest absolute Gasteiger partial charge is 0.0577 e. The molecule has 0 spiro atoms. The minimum atomic E-state index is -0.0566. The van der Waals surface area contributed by atoms with Crippen molar-refractivity contribution in [1.82, 2.24) is 10.2 Å². The largest absolute Gasteiger partial charge is 0.366 e. The molecule has 0 saturated heterocycles. The highest BCUT2D eigenvalue weighted by Crippen LogP contribution is 2.36. The number of hydrogen-bond acceptors (Lipinski definition) is 2. The Hall–Kier alpha value is -1.54. The summed E-state index contributed by atoms with van der Waals surface area (Å²) < 4.78 is 0. The minimum absolute atomic E-state index is 0.0566. The van der Waals surface area contributed by atoms with Crippen LogP contribution in [0.2, 0.25) is 0 Å². The zero-order chi connectivity index (χ0) is 21.6. The first-order valence-corrected chi connectivity index (χ1v) is 11.1. The standard InChI is InChI=1S/C24H40N2.C2H6/c1-8-16-24(25-7,18-17-23(5,6)10-3)21(4)26(19-9-2)20-22-14-12-11-13-15-22;1-2/h9,11-15,25H,2,4,8,10,16-20H2,1,3,5-7H3;1-2H3. The third-order valence-electron chi connectivity index (χ3n) is 5.84. The Kier molecular flexibility index (Phi) is 12.9. The zero-order valence-corrected chi connectivity index (χ0v) is 19.8. The van der Waals surface area contributed by atoms with E-state index >= 15 is 0 Å². The first kappa shape index (κ1) is 26.5. The van der Waals surface area contributed by atoms with Crippen LogP contribution in [0.25, 0.3) is 0 Å². The molecule has 0 amide bonds. The van der Waals surface area contributed by atoms with Crippen LogP contribution in [0.4, 0.5) is 0 Å². The van der Waals surface area contributed by atoms with E-state index < -0.39 is 0 Å². The van der Waals surface area contributed by atoms with Crippen LogP contribution >= 0.6 is 0 Å². The van der Waals surface area contributed by atoms with E-state index in [1.807, 2.05) is 19.9 Å². The predicted octanol–water partition coefficient (Wildman–Crippen LogP) is 7.19. The van der Waals surface area contributed by atoms with Crippen molar-refractivity contribution in [3.05, 3.63) is 60.8 Å². The number of nitrogens with one attached hydrogen (secondary N) is 1. The molecule has 0 aliphatic rings. The number of nitrogens with zero attached hydrogens (tertiary/aromatic N) is 1. The summed E-state index contributed by atoms with van der Waals surface area (Å²) in [6, 6.07) is 10.6. The van der Waals surface area contributed by atoms with E-state index in [0.29, 0.717) is 5.41 Å². The number of benzene rings is 1. The molecule has 1 rings (SSSR count). The van der Waals surface area contributed by atoms with Gasteiger partial charge in [0.05, 0.1) is 5.54 Å². The molecule has 160 valence electrons. The summed E-state index contributed by atoms with van der Waals surface area (Å²) in [7, 11) is 2.09. The molecule has 0 radical (unpaired) electrons. The van der Waals surface area contributed by atoms with Crippen molar-refractivity contribution in [1.29, 1.82) is 0 Å². The molecule has 1 aromatic rings. The second-order valence-electron chi connectivity index (χ2n) is 8.20. The van der Waals surface area contributed by atoms with Gasteiger partial charge in [0.25, 0.3) is 0 Å². The number of rotatable bonds is 13. The minimum Gasteiger partial charge on any atom is -0.366 e. The second kappa shape index (κ2) is 13.6. The van der Waals surface area contributed by atoms with Gasteiger partial charge in [-0.2, -0.15) is 0 Å². The Morgan fingerprint density at radius 1 is 1.07 bits per heavy atom. The lowest BCUT2D eigenvalue weighted by Crippen LogP contribution is -2.50. The molecule has 2 nitrogen and oxygen atoms in total. The molecule has 0 fully saturated rings. The molecule has 2 heteroatoms. The lowest BCUT2D eigenvalue weighted by atomic mass is 9.77. The number of hydrogen-bond donors (Lipinski definition) is 1. The van der Waals surface area contributed by atoms with Gasteiger partial charge in [0.2, 0.25) is 0 Å². The van der Waals surface area contributed by atoms with E-state index in [2.05, 4.69) is 88.4 Å². The van der Waals surface area contributed by atoms with Crippen molar-refractivity contribution in [2.45, 2.75) is 85.7 Å². The summed E-state index contributed by atoms with van der Waals surface area (Å²) in [5.74, 6) is 0. The highest BCUT2D eigenvalue weighted by molar-refractivity contribution is 5.21. The summed E-state index contributed by atoms with van der Waals surface area (Å²) in [4.78, 5) is 2.38. The Morgan fingerprint density at radius 2 is 1.68 bits per heavy atom. The average molecular weight is 387 g/mol. The molecule has 0 heterocycles. The van der Waals surface area contributed by atoms with Crippen LogP contribution in [0.1, 0.15) is 79.2 Å². The summed E-state index contributed by atoms with van der Waals surface area (Å²) in [6.45, 7) is 23.5. The lowest BCUT2D eigenvalue weighted by molar-refractivity contribution is 0.205. The molecule has 0 bridgehead atoms. The van der Waals surface area contributed by atoms with Gasteiger partial charge in [-0.15, -0.1) is 6.58 Å². The summed E-state index contributed by atoms with van der Waals surface area (Å²) in [5, 5.41) is 3.66. The van der Waals surface area contributed by atoms with E-state index in [9.17, 15) is 0 Å². The molecular formula is C26H46N2. The van der Waals surface area contributed by atoms with Gasteiger partial charge in [0.15, 0.2) is 0 Å². The van der Waals surface area contributed by atoms with Gasteiger partial charge in [-0.1, -0.05) is 97.4 Å². The van der Waals surface area contributed by atoms with E-state index in [4.69, 9.17) is 0 Å². The van der Waals surface area contributed by atoms with E-state index in [1.165, 1.54) is 24.1 Å². The van der Waals surface area contributed by atoms with Crippen molar-refractivity contribution >= 4 is 0 Å². The third kappa shape index (κ3) is 8.22. The Bertz CT molecular complexity index is 547. The number of likely N-dealkylation sites (N-methyl/N-ethyl adjacent to an activating group) is 1. The predicted molar refractivity (Wildman–Crippen MR) is 128 cm³/mol. The van der Waals surface area contributed by atoms with Gasteiger partial charge >= 0.3 is 0 Å². The second-order valence-corrected chi connectivity index (χ2v) is 8.20. The monoisotopic (exact) mass is 386 g/mol. The fourth-order valence-corrected chi connectivity index (χ4v) is 3.50. The highest BCUT2D eigenvalue weighted by Gasteiger charge is 2.35. The molecule has 1 unspecified atom stereocenters. The molecule has 0 aliphatic carbocycles. The first-order chi connectivity index (χ1) is 13.3. The van der Waals surface area contributed by atoms with Crippen molar-refractivity contribution in [2.24, 2.45) is 5.41 Å². The summed E-state index contributed by atoms with van der Waals surface area (Å²) in [5.41, 5.74) is 2.81. The molecule has 1 atom stereocenters. The maximum absolute atomic E-state index is 4.57. The average Bonchev–Trinajstić information content (AvgIpc) is 2.72. The fourth-order valence-electron chi connectivity index (χ4n) is 3.50. The first-order valence-electron chi connectivity index (χ1n) is 11.1. The normalized spacial score (nSPS) is 13.1. The topological polar surface area (TPSA) is 15.3 Å². The van der Waals surface area contributed by atoms with Gasteiger partial charge in [-0.25, -0.2) is 0 Å². The van der Waals surface area contributed by atoms with Crippen LogP contribution in [0, 0.1) is 5.41 Å². The molecule has 28 heavy (non-hydrogen) atoms. The van der Waals surface area contributed by atoms with Gasteiger partial charge in [0.1, 0.15) is 0 Å². The van der Waals surface area contributed by atoms with E-state index in [0.717, 1.165) is 32.4 Å². The molecule has 1 aromatic carbocycles. The maximum atomic E-state index is 4.57. The van der Waals surface area contributed by atoms with Crippen LogP contribution in [-0.4, -0.2) is 24.0 Å².